The molecule has 0 saturated heterocycles. The van der Waals surface area contributed by atoms with Crippen molar-refractivity contribution < 1.29 is 51.2 Å². The summed E-state index contributed by atoms with van der Waals surface area (Å²) < 4.78 is 45.6. The van der Waals surface area contributed by atoms with Gasteiger partial charge in [0.05, 0.1) is 19.0 Å². The molecule has 0 radical (unpaired) electrons. The summed E-state index contributed by atoms with van der Waals surface area (Å²) in [4.78, 5) is 60.6. The van der Waals surface area contributed by atoms with E-state index in [1.54, 1.807) is 17.1 Å². The van der Waals surface area contributed by atoms with E-state index in [-0.39, 0.29) is 17.8 Å². The first kappa shape index (κ1) is 23.1. The Kier molecular flexibility index (Phi) is 6.29. The van der Waals surface area contributed by atoms with Gasteiger partial charge in [0.1, 0.15) is 5.84 Å². The second-order valence-corrected chi connectivity index (χ2v) is 10.6. The van der Waals surface area contributed by atoms with Crippen LogP contribution >= 0.6 is 23.5 Å². The number of phosphoric acid groups is 3. The predicted molar refractivity (Wildman–Crippen MR) is 99.0 cm³/mol. The lowest BCUT2D eigenvalue weighted by atomic mass is 10.1. The number of guanidine groups is 1. The Hall–Kier alpha value is -1.57. The van der Waals surface area contributed by atoms with Gasteiger partial charge in [0.25, 0.3) is 5.91 Å². The predicted octanol–water partition coefficient (Wildman–Crippen LogP) is -0.760. The minimum atomic E-state index is -5.57. The Morgan fingerprint density at radius 2 is 1.80 bits per heavy atom. The minimum absolute atomic E-state index is 0.201. The van der Waals surface area contributed by atoms with Crippen LogP contribution < -0.4 is 5.73 Å². The molecule has 19 heteroatoms. The van der Waals surface area contributed by atoms with Crippen LogP contribution in [0, 0.1) is 5.92 Å². The number of nitrogens with two attached hydrogens (primary N) is 1. The Morgan fingerprint density at radius 3 is 2.47 bits per heavy atom. The summed E-state index contributed by atoms with van der Waals surface area (Å²) in [5.74, 6) is -0.927. The van der Waals surface area contributed by atoms with Gasteiger partial charge in [0.2, 0.25) is 5.96 Å². The monoisotopic (exact) mass is 487 g/mol. The highest BCUT2D eigenvalue weighted by Crippen LogP contribution is 2.66. The van der Waals surface area contributed by atoms with Crippen molar-refractivity contribution in [3.05, 3.63) is 12.2 Å². The fraction of sp³-hybridized carbons (Fsp3) is 0.455. The number of rotatable bonds is 8. The van der Waals surface area contributed by atoms with E-state index in [1.165, 1.54) is 6.34 Å². The molecule has 2 aliphatic heterocycles. The number of aliphatic imine (C=N–C) groups is 3. The number of amides is 1. The van der Waals surface area contributed by atoms with E-state index >= 15 is 0 Å². The third-order valence-electron chi connectivity index (χ3n) is 3.91. The van der Waals surface area contributed by atoms with Gasteiger partial charge in [0.15, 0.2) is 6.04 Å². The molecule has 16 nitrogen and oxygen atoms in total. The lowest BCUT2D eigenvalue weighted by molar-refractivity contribution is -0.117. The lowest BCUT2D eigenvalue weighted by Crippen LogP contribution is -2.43. The molecule has 0 aromatic heterocycles. The van der Waals surface area contributed by atoms with Gasteiger partial charge in [-0.15, -0.1) is 0 Å². The van der Waals surface area contributed by atoms with E-state index in [2.05, 4.69) is 28.1 Å². The number of phosphoric ester groups is 1. The summed E-state index contributed by atoms with van der Waals surface area (Å²) in [7, 11) is -16.2. The van der Waals surface area contributed by atoms with Crippen LogP contribution in [-0.2, 0) is 31.6 Å². The van der Waals surface area contributed by atoms with Gasteiger partial charge in [-0.2, -0.15) is 18.6 Å². The summed E-state index contributed by atoms with van der Waals surface area (Å²) in [5, 5.41) is 0. The Morgan fingerprint density at radius 1 is 1.10 bits per heavy atom. The van der Waals surface area contributed by atoms with Crippen LogP contribution in [0.3, 0.4) is 0 Å². The fourth-order valence-corrected chi connectivity index (χ4v) is 5.92. The molecule has 2 heterocycles. The highest BCUT2D eigenvalue weighted by atomic mass is 31.3. The molecule has 0 saturated carbocycles. The molecule has 6 N–H and O–H groups in total. The first-order chi connectivity index (χ1) is 13.7. The van der Waals surface area contributed by atoms with Gasteiger partial charge in [-0.05, 0) is 6.42 Å². The maximum atomic E-state index is 11.8. The largest absolute Gasteiger partial charge is 0.490 e. The van der Waals surface area contributed by atoms with Crippen molar-refractivity contribution in [2.75, 3.05) is 6.61 Å². The minimum Gasteiger partial charge on any atom is -0.368 e. The van der Waals surface area contributed by atoms with E-state index in [0.717, 1.165) is 0 Å². The van der Waals surface area contributed by atoms with Gasteiger partial charge in [-0.25, -0.2) is 13.7 Å². The lowest BCUT2D eigenvalue weighted by Gasteiger charge is -2.25. The zero-order valence-corrected chi connectivity index (χ0v) is 17.4. The average Bonchev–Trinajstić information content (AvgIpc) is 3.15. The maximum absolute atomic E-state index is 11.8. The molecule has 0 bridgehead atoms. The standard InChI is InChI=1S/C11H16N5O11P3/c12-11-14-9-8(10(17)15-11)13-5-16(9)7-2-1-6(3-7)4-25-29(21,22)27-30(23,24)26-28(18,19)20/h1-2,5-8H,3-4H2,(H,21,22)(H,23,24)(H2,12,15,17)(H2,18,19,20)/t6-,7+,8?/m1/s1. The number of carbonyl (C=O) groups excluding carboxylic acids is 1. The smallest absolute Gasteiger partial charge is 0.368 e. The Labute approximate surface area is 168 Å². The van der Waals surface area contributed by atoms with Crippen molar-refractivity contribution >= 4 is 47.5 Å². The van der Waals surface area contributed by atoms with Crippen molar-refractivity contribution in [3.63, 3.8) is 0 Å². The zero-order valence-electron chi connectivity index (χ0n) is 14.7. The number of hydrogen-bond acceptors (Lipinski definition) is 11. The molecule has 1 aliphatic carbocycles. The van der Waals surface area contributed by atoms with Crippen LogP contribution in [0.15, 0.2) is 27.1 Å². The second kappa shape index (κ2) is 8.17. The highest BCUT2D eigenvalue weighted by Gasteiger charge is 2.42. The van der Waals surface area contributed by atoms with E-state index in [9.17, 15) is 23.4 Å². The SMILES string of the molecule is NC1=NC(=O)C2N=CN([C@H]3C=C[C@@H](COP(=O)(O)OP(=O)(O)OP(=O)(O)O)C3)C2=N1. The Balaban J connectivity index is 1.55. The molecule has 30 heavy (non-hydrogen) atoms. The first-order valence-electron chi connectivity index (χ1n) is 7.99. The molecule has 0 aromatic rings. The average molecular weight is 487 g/mol. The summed E-state index contributed by atoms with van der Waals surface area (Å²) >= 11 is 0. The summed E-state index contributed by atoms with van der Waals surface area (Å²) in [6, 6.07) is -1.23. The third-order valence-corrected chi connectivity index (χ3v) is 7.71. The quantitative estimate of drug-likeness (QED) is 0.209. The zero-order chi connectivity index (χ0) is 22.3. The number of nitrogens with zero attached hydrogens (tertiary/aromatic N) is 4. The van der Waals surface area contributed by atoms with Crippen molar-refractivity contribution in [1.82, 2.24) is 4.90 Å². The van der Waals surface area contributed by atoms with Crippen LogP contribution in [0.4, 0.5) is 0 Å². The van der Waals surface area contributed by atoms with Gasteiger partial charge < -0.3 is 30.2 Å². The molecule has 5 atom stereocenters. The number of carbonyl (C=O) groups is 1. The molecule has 1 amide bonds. The number of amidine groups is 1. The van der Waals surface area contributed by atoms with Crippen molar-refractivity contribution in [2.45, 2.75) is 18.5 Å². The highest BCUT2D eigenvalue weighted by molar-refractivity contribution is 7.66. The number of fused-ring (bicyclic) bond motifs is 1. The van der Waals surface area contributed by atoms with E-state index in [4.69, 9.17) is 20.4 Å². The van der Waals surface area contributed by atoms with Crippen LogP contribution in [0.2, 0.25) is 0 Å². The van der Waals surface area contributed by atoms with E-state index < -0.39 is 47.9 Å². The topological polar surface area (TPSA) is 243 Å². The summed E-state index contributed by atoms with van der Waals surface area (Å²) in [5.41, 5.74) is 5.50. The van der Waals surface area contributed by atoms with Gasteiger partial charge >= 0.3 is 23.5 Å². The van der Waals surface area contributed by atoms with Crippen molar-refractivity contribution in [2.24, 2.45) is 26.6 Å². The molecule has 166 valence electrons. The first-order valence-corrected chi connectivity index (χ1v) is 12.5. The molecule has 0 aromatic carbocycles. The molecule has 0 fully saturated rings. The molecule has 3 unspecified atom stereocenters. The molecule has 0 spiro atoms. The van der Waals surface area contributed by atoms with Gasteiger partial charge in [0, 0.05) is 5.92 Å². The molecular formula is C11H16N5O11P3. The van der Waals surface area contributed by atoms with Crippen LogP contribution in [0.1, 0.15) is 6.42 Å². The Bertz CT molecular complexity index is 1000. The summed E-state index contributed by atoms with van der Waals surface area (Å²) in [6.07, 6.45) is 5.04. The van der Waals surface area contributed by atoms with Crippen molar-refractivity contribution in [1.29, 1.82) is 0 Å². The van der Waals surface area contributed by atoms with E-state index in [0.29, 0.717) is 6.42 Å². The van der Waals surface area contributed by atoms with Crippen LogP contribution in [0.5, 0.6) is 0 Å². The van der Waals surface area contributed by atoms with Gasteiger partial charge in [-0.3, -0.25) is 14.3 Å². The number of hydrogen-bond donors (Lipinski definition) is 5. The van der Waals surface area contributed by atoms with E-state index in [1.807, 2.05) is 0 Å². The van der Waals surface area contributed by atoms with Gasteiger partial charge in [-0.1, -0.05) is 12.2 Å². The normalized spacial score (nSPS) is 29.9. The second-order valence-electron chi connectivity index (χ2n) is 6.19. The van der Waals surface area contributed by atoms with Crippen molar-refractivity contribution in [3.8, 4) is 0 Å². The van der Waals surface area contributed by atoms with Crippen LogP contribution in [0.25, 0.3) is 0 Å². The molecular weight excluding hydrogens is 471 g/mol. The maximum Gasteiger partial charge on any atom is 0.490 e. The van der Waals surface area contributed by atoms with Crippen LogP contribution in [-0.4, -0.2) is 67.2 Å². The third kappa shape index (κ3) is 5.77. The fourth-order valence-electron chi connectivity index (χ4n) is 2.85. The molecule has 3 aliphatic rings. The summed E-state index contributed by atoms with van der Waals surface area (Å²) in [6.45, 7) is -0.444. The molecule has 3 rings (SSSR count).